The van der Waals surface area contributed by atoms with Crippen LogP contribution < -0.4 is 21.7 Å². The number of aromatic nitrogens is 2. The fourth-order valence-electron chi connectivity index (χ4n) is 3.63. The molecule has 3 amide bonds. The number of aliphatic carboxylic acids is 1. The number of thioether (sulfide) groups is 1. The molecule has 0 spiro atoms. The number of nitrogens with one attached hydrogen (secondary N) is 4. The van der Waals surface area contributed by atoms with Crippen LogP contribution in [0.5, 0.6) is 5.75 Å². The number of carbonyl (C=O) groups excluding carboxylic acids is 3. The van der Waals surface area contributed by atoms with Gasteiger partial charge in [-0.2, -0.15) is 11.8 Å². The molecule has 1 aromatic heterocycles. The molecule has 2 aromatic rings. The zero-order valence-electron chi connectivity index (χ0n) is 21.6. The molecule has 0 saturated heterocycles. The van der Waals surface area contributed by atoms with E-state index in [1.165, 1.54) is 30.2 Å². The number of benzene rings is 1. The predicted octanol–water partition coefficient (Wildman–Crippen LogP) is 0.176. The van der Waals surface area contributed by atoms with E-state index in [1.54, 1.807) is 32.2 Å². The number of imidazole rings is 1. The number of hydrogen-bond donors (Lipinski definition) is 7. The molecular weight excluding hydrogens is 512 g/mol. The van der Waals surface area contributed by atoms with Crippen LogP contribution in [-0.4, -0.2) is 80.0 Å². The Morgan fingerprint density at radius 2 is 1.66 bits per heavy atom. The second-order valence-electron chi connectivity index (χ2n) is 9.23. The molecule has 208 valence electrons. The Morgan fingerprint density at radius 1 is 1.00 bits per heavy atom. The first kappa shape index (κ1) is 30.6. The number of carboxylic acid groups (broad SMARTS) is 1. The Balaban J connectivity index is 2.08. The number of rotatable bonds is 15. The number of phenolic OH excluding ortho intramolecular Hbond substituents is 1. The van der Waals surface area contributed by atoms with Crippen LogP contribution in [0.1, 0.15) is 31.5 Å². The first-order chi connectivity index (χ1) is 18.0. The van der Waals surface area contributed by atoms with E-state index in [1.807, 2.05) is 6.26 Å². The minimum atomic E-state index is -1.25. The number of carbonyl (C=O) groups is 4. The van der Waals surface area contributed by atoms with Gasteiger partial charge in [0.1, 0.15) is 23.9 Å². The molecular formula is C25H36N6O6S. The summed E-state index contributed by atoms with van der Waals surface area (Å²) in [4.78, 5) is 57.5. The van der Waals surface area contributed by atoms with Gasteiger partial charge in [-0.25, -0.2) is 9.78 Å². The Bertz CT molecular complexity index is 1060. The summed E-state index contributed by atoms with van der Waals surface area (Å²) in [6.45, 7) is 3.44. The summed E-state index contributed by atoms with van der Waals surface area (Å²) in [5.41, 5.74) is 7.29. The average Bonchev–Trinajstić information content (AvgIpc) is 3.38. The van der Waals surface area contributed by atoms with E-state index in [0.717, 1.165) is 0 Å². The van der Waals surface area contributed by atoms with E-state index in [2.05, 4.69) is 25.9 Å². The highest BCUT2D eigenvalue weighted by Gasteiger charge is 2.32. The van der Waals surface area contributed by atoms with Gasteiger partial charge in [-0.05, 0) is 42.0 Å². The van der Waals surface area contributed by atoms with E-state index in [0.29, 0.717) is 23.4 Å². The molecule has 1 aromatic carbocycles. The number of H-pyrrole nitrogens is 1. The van der Waals surface area contributed by atoms with Crippen LogP contribution in [-0.2, 0) is 32.0 Å². The summed E-state index contributed by atoms with van der Waals surface area (Å²) in [5, 5.41) is 26.9. The minimum Gasteiger partial charge on any atom is -0.508 e. The number of nitrogens with two attached hydrogens (primary N) is 1. The van der Waals surface area contributed by atoms with Crippen LogP contribution in [0.3, 0.4) is 0 Å². The van der Waals surface area contributed by atoms with E-state index in [9.17, 15) is 29.4 Å². The van der Waals surface area contributed by atoms with E-state index >= 15 is 0 Å². The number of phenols is 1. The summed E-state index contributed by atoms with van der Waals surface area (Å²) in [7, 11) is 0. The predicted molar refractivity (Wildman–Crippen MR) is 143 cm³/mol. The molecule has 2 rings (SSSR count). The number of carboxylic acids is 1. The molecule has 4 unspecified atom stereocenters. The summed E-state index contributed by atoms with van der Waals surface area (Å²) >= 11 is 1.50. The lowest BCUT2D eigenvalue weighted by Crippen LogP contribution is -2.58. The van der Waals surface area contributed by atoms with Crippen LogP contribution >= 0.6 is 11.8 Å². The topological polar surface area (TPSA) is 200 Å². The van der Waals surface area contributed by atoms with Crippen molar-refractivity contribution in [3.8, 4) is 5.75 Å². The highest BCUT2D eigenvalue weighted by molar-refractivity contribution is 7.98. The molecule has 12 nitrogen and oxygen atoms in total. The number of aromatic amines is 1. The lowest BCUT2D eigenvalue weighted by Gasteiger charge is -2.27. The van der Waals surface area contributed by atoms with Crippen molar-refractivity contribution in [1.29, 1.82) is 0 Å². The van der Waals surface area contributed by atoms with Crippen molar-refractivity contribution in [2.24, 2.45) is 11.7 Å². The van der Waals surface area contributed by atoms with Gasteiger partial charge in [-0.1, -0.05) is 26.0 Å². The van der Waals surface area contributed by atoms with Gasteiger partial charge in [0.25, 0.3) is 0 Å². The van der Waals surface area contributed by atoms with E-state index < -0.39 is 47.9 Å². The average molecular weight is 549 g/mol. The fraction of sp³-hybridized carbons (Fsp3) is 0.480. The highest BCUT2D eigenvalue weighted by atomic mass is 32.2. The molecule has 1 heterocycles. The van der Waals surface area contributed by atoms with Gasteiger partial charge in [-0.3, -0.25) is 14.4 Å². The van der Waals surface area contributed by atoms with Crippen molar-refractivity contribution in [2.45, 2.75) is 57.3 Å². The molecule has 8 N–H and O–H groups in total. The van der Waals surface area contributed by atoms with Gasteiger partial charge >= 0.3 is 5.97 Å². The molecule has 38 heavy (non-hydrogen) atoms. The lowest BCUT2D eigenvalue weighted by molar-refractivity contribution is -0.142. The van der Waals surface area contributed by atoms with Crippen molar-refractivity contribution in [1.82, 2.24) is 25.9 Å². The van der Waals surface area contributed by atoms with Crippen LogP contribution in [0, 0.1) is 5.92 Å². The third-order valence-corrected chi connectivity index (χ3v) is 6.46. The summed E-state index contributed by atoms with van der Waals surface area (Å²) in [6.07, 6.45) is 5.40. The smallest absolute Gasteiger partial charge is 0.326 e. The number of aromatic hydroxyl groups is 1. The van der Waals surface area contributed by atoms with Crippen molar-refractivity contribution in [3.63, 3.8) is 0 Å². The van der Waals surface area contributed by atoms with Gasteiger partial charge in [0.15, 0.2) is 0 Å². The normalized spacial score (nSPS) is 14.2. The third-order valence-electron chi connectivity index (χ3n) is 5.81. The fourth-order valence-corrected chi connectivity index (χ4v) is 4.10. The van der Waals surface area contributed by atoms with Gasteiger partial charge in [-0.15, -0.1) is 0 Å². The molecule has 4 atom stereocenters. The van der Waals surface area contributed by atoms with Crippen molar-refractivity contribution < 1.29 is 29.4 Å². The van der Waals surface area contributed by atoms with E-state index in [4.69, 9.17) is 5.73 Å². The van der Waals surface area contributed by atoms with Gasteiger partial charge in [0.05, 0.1) is 12.4 Å². The Labute approximate surface area is 225 Å². The molecule has 0 aliphatic carbocycles. The molecule has 0 aliphatic heterocycles. The zero-order valence-corrected chi connectivity index (χ0v) is 22.5. The van der Waals surface area contributed by atoms with Crippen LogP contribution in [0.15, 0.2) is 36.8 Å². The standard InChI is InChI=1S/C25H36N6O6S/c1-14(2)21(24(35)30-20(25(36)37)10-15-4-6-17(32)7-5-15)31-23(34)19(8-9-38-3)29-22(33)18(26)11-16-12-27-13-28-16/h4-7,12-14,18-21,32H,8-11,26H2,1-3H3,(H,27,28)(H,29,33)(H,30,35)(H,31,34)(H,36,37). The molecule has 0 bridgehead atoms. The lowest BCUT2D eigenvalue weighted by atomic mass is 10.0. The molecule has 0 aliphatic rings. The third kappa shape index (κ3) is 9.71. The zero-order chi connectivity index (χ0) is 28.2. The van der Waals surface area contributed by atoms with Crippen molar-refractivity contribution >= 4 is 35.5 Å². The van der Waals surface area contributed by atoms with Gasteiger partial charge < -0.3 is 36.9 Å². The SMILES string of the molecule is CSCCC(NC(=O)C(N)Cc1cnc[nH]1)C(=O)NC(C(=O)NC(Cc1ccc(O)cc1)C(=O)O)C(C)C. The van der Waals surface area contributed by atoms with Crippen LogP contribution in [0.4, 0.5) is 0 Å². The van der Waals surface area contributed by atoms with Crippen molar-refractivity contribution in [3.05, 3.63) is 48.0 Å². The highest BCUT2D eigenvalue weighted by Crippen LogP contribution is 2.12. The Morgan fingerprint density at radius 3 is 2.21 bits per heavy atom. The number of hydrogen-bond acceptors (Lipinski definition) is 8. The quantitative estimate of drug-likeness (QED) is 0.162. The molecule has 0 saturated carbocycles. The minimum absolute atomic E-state index is 0.0132. The second-order valence-corrected chi connectivity index (χ2v) is 10.2. The summed E-state index contributed by atoms with van der Waals surface area (Å²) in [5.74, 6) is -2.76. The summed E-state index contributed by atoms with van der Waals surface area (Å²) in [6, 6.07) is 1.83. The molecule has 0 fully saturated rings. The van der Waals surface area contributed by atoms with Crippen LogP contribution in [0.25, 0.3) is 0 Å². The van der Waals surface area contributed by atoms with Crippen LogP contribution in [0.2, 0.25) is 0 Å². The molecule has 0 radical (unpaired) electrons. The van der Waals surface area contributed by atoms with E-state index in [-0.39, 0.29) is 24.5 Å². The summed E-state index contributed by atoms with van der Waals surface area (Å²) < 4.78 is 0. The first-order valence-electron chi connectivity index (χ1n) is 12.1. The maximum Gasteiger partial charge on any atom is 0.326 e. The molecule has 13 heteroatoms. The Kier molecular flexibility index (Phi) is 12.1. The Hall–Kier alpha value is -3.58. The number of nitrogens with zero attached hydrogens (tertiary/aromatic N) is 1. The monoisotopic (exact) mass is 548 g/mol. The van der Waals surface area contributed by atoms with Gasteiger partial charge in [0, 0.05) is 24.7 Å². The maximum atomic E-state index is 13.2. The first-order valence-corrected chi connectivity index (χ1v) is 13.5. The number of amides is 3. The second kappa shape index (κ2) is 15.0. The van der Waals surface area contributed by atoms with Gasteiger partial charge in [0.2, 0.25) is 17.7 Å². The maximum absolute atomic E-state index is 13.2. The van der Waals surface area contributed by atoms with Crippen molar-refractivity contribution in [2.75, 3.05) is 12.0 Å². The largest absolute Gasteiger partial charge is 0.508 e.